The zero-order valence-corrected chi connectivity index (χ0v) is 15.9. The van der Waals surface area contributed by atoms with E-state index in [0.29, 0.717) is 19.5 Å². The molecule has 2 heterocycles. The number of methoxy groups -OCH3 is 1. The molecule has 2 aliphatic heterocycles. The molecule has 0 bridgehead atoms. The van der Waals surface area contributed by atoms with Crippen LogP contribution in [-0.2, 0) is 9.57 Å². The Morgan fingerprint density at radius 3 is 2.62 bits per heavy atom. The Balaban J connectivity index is 1.69. The topological polar surface area (TPSA) is 69.6 Å². The molecule has 1 amide bonds. The van der Waals surface area contributed by atoms with Gasteiger partial charge in [0.05, 0.1) is 12.8 Å². The second-order valence-electron chi connectivity index (χ2n) is 7.59. The second-order valence-corrected chi connectivity index (χ2v) is 7.59. The molecule has 0 spiro atoms. The number of oxime groups is 1. The average molecular weight is 362 g/mol. The summed E-state index contributed by atoms with van der Waals surface area (Å²) in [6.45, 7) is 6.82. The molecule has 0 aromatic heterocycles. The first kappa shape index (κ1) is 18.4. The molecule has 2 aliphatic rings. The Morgan fingerprint density at radius 1 is 1.27 bits per heavy atom. The van der Waals surface area contributed by atoms with Gasteiger partial charge in [-0.3, -0.25) is 0 Å². The zero-order chi connectivity index (χ0) is 18.9. The van der Waals surface area contributed by atoms with Gasteiger partial charge in [-0.2, -0.15) is 0 Å². The van der Waals surface area contributed by atoms with Crippen LogP contribution in [0.3, 0.4) is 0 Å². The summed E-state index contributed by atoms with van der Waals surface area (Å²) in [4.78, 5) is 18.8. The van der Waals surface area contributed by atoms with Crippen molar-refractivity contribution in [3.63, 3.8) is 0 Å². The fourth-order valence-electron chi connectivity index (χ4n) is 3.15. The van der Waals surface area contributed by atoms with Gasteiger partial charge in [-0.15, -0.1) is 0 Å². The lowest BCUT2D eigenvalue weighted by molar-refractivity contribution is -0.0243. The largest absolute Gasteiger partial charge is 0.497 e. The minimum Gasteiger partial charge on any atom is -0.497 e. The number of benzene rings is 1. The molecular formula is C19H26N2O5. The summed E-state index contributed by atoms with van der Waals surface area (Å²) >= 11 is 0. The van der Waals surface area contributed by atoms with E-state index in [2.05, 4.69) is 5.16 Å². The number of carbonyl (C=O) groups excluding carboxylic acids is 1. The lowest BCUT2D eigenvalue weighted by Gasteiger charge is -2.44. The van der Waals surface area contributed by atoms with Gasteiger partial charge in [0.1, 0.15) is 30.3 Å². The van der Waals surface area contributed by atoms with Crippen LogP contribution in [0.15, 0.2) is 23.4 Å². The van der Waals surface area contributed by atoms with E-state index in [-0.39, 0.29) is 18.1 Å². The van der Waals surface area contributed by atoms with Crippen molar-refractivity contribution in [1.29, 1.82) is 0 Å². The fourth-order valence-corrected chi connectivity index (χ4v) is 3.15. The molecule has 0 saturated carbocycles. The van der Waals surface area contributed by atoms with Crippen molar-refractivity contribution >= 4 is 11.8 Å². The van der Waals surface area contributed by atoms with E-state index in [9.17, 15) is 4.79 Å². The lowest BCUT2D eigenvalue weighted by Crippen LogP contribution is -2.57. The van der Waals surface area contributed by atoms with Crippen LogP contribution >= 0.6 is 0 Å². The van der Waals surface area contributed by atoms with Crippen molar-refractivity contribution in [2.45, 2.75) is 38.9 Å². The smallest absolute Gasteiger partial charge is 0.410 e. The van der Waals surface area contributed by atoms with Gasteiger partial charge in [-0.1, -0.05) is 5.16 Å². The second kappa shape index (κ2) is 7.05. The van der Waals surface area contributed by atoms with Crippen LogP contribution in [0.1, 0.15) is 32.8 Å². The highest BCUT2D eigenvalue weighted by atomic mass is 16.6. The predicted molar refractivity (Wildman–Crippen MR) is 96.9 cm³/mol. The van der Waals surface area contributed by atoms with E-state index in [4.69, 9.17) is 19.0 Å². The molecule has 3 rings (SSSR count). The quantitative estimate of drug-likeness (QED) is 0.773. The van der Waals surface area contributed by atoms with Crippen LogP contribution in [0, 0.1) is 5.92 Å². The third-order valence-electron chi connectivity index (χ3n) is 4.46. The first-order valence-electron chi connectivity index (χ1n) is 8.73. The third-order valence-corrected chi connectivity index (χ3v) is 4.46. The maximum atomic E-state index is 12.1. The molecular weight excluding hydrogens is 336 g/mol. The normalized spacial score (nSPS) is 21.5. The molecule has 7 heteroatoms. The molecule has 142 valence electrons. The van der Waals surface area contributed by atoms with Gasteiger partial charge in [-0.25, -0.2) is 4.79 Å². The molecule has 1 unspecified atom stereocenters. The molecule has 1 atom stereocenters. The molecule has 0 aliphatic carbocycles. The van der Waals surface area contributed by atoms with Crippen molar-refractivity contribution in [3.05, 3.63) is 23.8 Å². The Morgan fingerprint density at radius 2 is 2.00 bits per heavy atom. The molecule has 0 N–H and O–H groups in total. The third kappa shape index (κ3) is 3.86. The van der Waals surface area contributed by atoms with Gasteiger partial charge < -0.3 is 23.9 Å². The molecule has 0 radical (unpaired) electrons. The highest BCUT2D eigenvalue weighted by Crippen LogP contribution is 2.36. The summed E-state index contributed by atoms with van der Waals surface area (Å²) in [5.74, 6) is 1.68. The first-order valence-corrected chi connectivity index (χ1v) is 8.73. The van der Waals surface area contributed by atoms with Gasteiger partial charge in [0.15, 0.2) is 0 Å². The van der Waals surface area contributed by atoms with Gasteiger partial charge >= 0.3 is 6.09 Å². The number of carbonyl (C=O) groups is 1. The lowest BCUT2D eigenvalue weighted by atomic mass is 9.87. The van der Waals surface area contributed by atoms with E-state index in [1.165, 1.54) is 7.11 Å². The zero-order valence-electron chi connectivity index (χ0n) is 15.9. The maximum absolute atomic E-state index is 12.1. The maximum Gasteiger partial charge on any atom is 0.410 e. The summed E-state index contributed by atoms with van der Waals surface area (Å²) in [7, 11) is 3.16. The average Bonchev–Trinajstić information content (AvgIpc) is 2.51. The van der Waals surface area contributed by atoms with E-state index < -0.39 is 5.60 Å². The molecule has 1 fully saturated rings. The van der Waals surface area contributed by atoms with E-state index in [1.807, 2.05) is 39.0 Å². The summed E-state index contributed by atoms with van der Waals surface area (Å²) < 4.78 is 16.9. The minimum atomic E-state index is -0.489. The summed E-state index contributed by atoms with van der Waals surface area (Å²) in [5.41, 5.74) is 1.27. The number of hydrogen-bond acceptors (Lipinski definition) is 6. The Kier molecular flexibility index (Phi) is 4.98. The molecule has 1 aromatic rings. The van der Waals surface area contributed by atoms with Crippen molar-refractivity contribution in [1.82, 2.24) is 4.90 Å². The first-order chi connectivity index (χ1) is 12.3. The van der Waals surface area contributed by atoms with E-state index in [1.54, 1.807) is 12.0 Å². The number of rotatable bonds is 3. The Hall–Kier alpha value is -2.44. The van der Waals surface area contributed by atoms with Crippen LogP contribution in [0.4, 0.5) is 4.79 Å². The van der Waals surface area contributed by atoms with Crippen molar-refractivity contribution < 1.29 is 23.8 Å². The Bertz CT molecular complexity index is 704. The number of ether oxygens (including phenoxy) is 3. The van der Waals surface area contributed by atoms with Crippen molar-refractivity contribution in [2.75, 3.05) is 27.3 Å². The van der Waals surface area contributed by atoms with Gasteiger partial charge in [0, 0.05) is 37.1 Å². The predicted octanol–water partition coefficient (Wildman–Crippen LogP) is 3.06. The molecule has 1 saturated heterocycles. The molecule has 7 nitrogen and oxygen atoms in total. The SMILES string of the molecule is CON=C1CC(C2CN(C(=O)OC(C)(C)C)C2)Oc2cc(OC)ccc21. The summed E-state index contributed by atoms with van der Waals surface area (Å²) in [6.07, 6.45) is 0.291. The van der Waals surface area contributed by atoms with Gasteiger partial charge in [-0.05, 0) is 32.9 Å². The molecule has 26 heavy (non-hydrogen) atoms. The van der Waals surface area contributed by atoms with Crippen molar-refractivity contribution in [3.8, 4) is 11.5 Å². The van der Waals surface area contributed by atoms with Crippen LogP contribution in [0.5, 0.6) is 11.5 Å². The number of fused-ring (bicyclic) bond motifs is 1. The monoisotopic (exact) mass is 362 g/mol. The summed E-state index contributed by atoms with van der Waals surface area (Å²) in [5, 5.41) is 4.16. The van der Waals surface area contributed by atoms with Crippen LogP contribution in [0.25, 0.3) is 0 Å². The van der Waals surface area contributed by atoms with E-state index in [0.717, 1.165) is 22.8 Å². The van der Waals surface area contributed by atoms with Gasteiger partial charge in [0.2, 0.25) is 0 Å². The van der Waals surface area contributed by atoms with Gasteiger partial charge in [0.25, 0.3) is 0 Å². The number of likely N-dealkylation sites (tertiary alicyclic amines) is 1. The standard InChI is InChI=1S/C19H26N2O5/c1-19(2,3)26-18(22)21-10-12(11-21)16-9-15(20-24-5)14-7-6-13(23-4)8-17(14)25-16/h6-8,12,16H,9-11H2,1-5H3. The Labute approximate surface area is 153 Å². The summed E-state index contributed by atoms with van der Waals surface area (Å²) in [6, 6.07) is 5.66. The number of nitrogens with zero attached hydrogens (tertiary/aromatic N) is 2. The highest BCUT2D eigenvalue weighted by Gasteiger charge is 2.42. The minimum absolute atomic E-state index is 0.0674. The van der Waals surface area contributed by atoms with Crippen LogP contribution in [0.2, 0.25) is 0 Å². The number of amides is 1. The molecule has 1 aromatic carbocycles. The van der Waals surface area contributed by atoms with Crippen LogP contribution in [-0.4, -0.2) is 55.7 Å². The van der Waals surface area contributed by atoms with E-state index >= 15 is 0 Å². The highest BCUT2D eigenvalue weighted by molar-refractivity contribution is 6.04. The fraction of sp³-hybridized carbons (Fsp3) is 0.579. The number of hydrogen-bond donors (Lipinski definition) is 0. The van der Waals surface area contributed by atoms with Crippen molar-refractivity contribution in [2.24, 2.45) is 11.1 Å². The van der Waals surface area contributed by atoms with Crippen LogP contribution < -0.4 is 9.47 Å².